The Hall–Kier alpha value is -4.74. The second-order valence-electron chi connectivity index (χ2n) is 11.7. The van der Waals surface area contributed by atoms with Crippen LogP contribution < -0.4 is 5.32 Å². The van der Waals surface area contributed by atoms with Crippen molar-refractivity contribution in [2.24, 2.45) is 0 Å². The summed E-state index contributed by atoms with van der Waals surface area (Å²) in [6.45, 7) is 4.69. The Kier molecular flexibility index (Phi) is 7.71. The molecule has 6 aromatic rings. The summed E-state index contributed by atoms with van der Waals surface area (Å²) in [7, 11) is 4.01. The van der Waals surface area contributed by atoms with E-state index in [1.165, 1.54) is 37.0 Å². The molecule has 0 radical (unpaired) electrons. The maximum Gasteiger partial charge on any atom is 0.159 e. The van der Waals surface area contributed by atoms with Gasteiger partial charge in [-0.1, -0.05) is 6.42 Å². The predicted molar refractivity (Wildman–Crippen MR) is 172 cm³/mol. The quantitative estimate of drug-likeness (QED) is 0.196. The molecule has 0 atom stereocenters. The molecule has 5 aromatic heterocycles. The van der Waals surface area contributed by atoms with E-state index in [0.717, 1.165) is 53.9 Å². The summed E-state index contributed by atoms with van der Waals surface area (Å²) in [5.41, 5.74) is 7.83. The number of H-pyrrole nitrogens is 2. The van der Waals surface area contributed by atoms with E-state index in [1.807, 2.05) is 44.7 Å². The van der Waals surface area contributed by atoms with Crippen molar-refractivity contribution in [3.05, 3.63) is 72.6 Å². The highest BCUT2D eigenvalue weighted by Gasteiger charge is 2.18. The van der Waals surface area contributed by atoms with E-state index in [9.17, 15) is 4.39 Å². The van der Waals surface area contributed by atoms with E-state index < -0.39 is 0 Å². The van der Waals surface area contributed by atoms with Crippen LogP contribution in [0.2, 0.25) is 0 Å². The van der Waals surface area contributed by atoms with Gasteiger partial charge in [0.25, 0.3) is 0 Å². The first-order chi connectivity index (χ1) is 21.5. The maximum atomic E-state index is 14.7. The van der Waals surface area contributed by atoms with Gasteiger partial charge in [0.2, 0.25) is 0 Å². The first kappa shape index (κ1) is 28.1. The molecule has 1 aromatic carbocycles. The van der Waals surface area contributed by atoms with Crippen LogP contribution >= 0.6 is 0 Å². The number of likely N-dealkylation sites (N-methyl/N-ethyl adjacent to an activating group) is 1. The fourth-order valence-corrected chi connectivity index (χ4v) is 5.86. The minimum atomic E-state index is -0.336. The topological polar surface area (TPSA) is 115 Å². The van der Waals surface area contributed by atoms with Gasteiger partial charge in [-0.3, -0.25) is 25.0 Å². The lowest BCUT2D eigenvalue weighted by atomic mass is 10.1. The number of nitrogens with one attached hydrogen (secondary N) is 3. The number of fused-ring (bicyclic) bond motifs is 2. The van der Waals surface area contributed by atoms with Crippen LogP contribution in [0, 0.1) is 5.82 Å². The number of imidazole rings is 1. The zero-order chi connectivity index (χ0) is 30.0. The number of halogens is 1. The summed E-state index contributed by atoms with van der Waals surface area (Å²) >= 11 is 0. The molecular weight excluding hydrogens is 555 g/mol. The average Bonchev–Trinajstić information content (AvgIpc) is 3.65. The SMILES string of the molecule is CN(C)CCNc1cc(F)cc(-c2nccc3[nH]c(-c4n[nH]c5cnc(-c6cncc(CN7CCCCC7)c6)cc45)nc23)c1. The first-order valence-electron chi connectivity index (χ1n) is 15.1. The lowest BCUT2D eigenvalue weighted by Crippen LogP contribution is -2.29. The molecule has 0 spiro atoms. The van der Waals surface area contributed by atoms with E-state index in [2.05, 4.69) is 46.3 Å². The molecule has 0 aliphatic carbocycles. The molecule has 6 heterocycles. The molecule has 0 bridgehead atoms. The fourth-order valence-electron chi connectivity index (χ4n) is 5.86. The molecule has 7 rings (SSSR count). The van der Waals surface area contributed by atoms with Crippen LogP contribution in [0.15, 0.2) is 61.2 Å². The smallest absolute Gasteiger partial charge is 0.159 e. The summed E-state index contributed by atoms with van der Waals surface area (Å²) in [6.07, 6.45) is 11.1. The van der Waals surface area contributed by atoms with Crippen molar-refractivity contribution in [3.63, 3.8) is 0 Å². The van der Waals surface area contributed by atoms with Crippen LogP contribution in [-0.2, 0) is 6.54 Å². The summed E-state index contributed by atoms with van der Waals surface area (Å²) in [5.74, 6) is 0.257. The van der Waals surface area contributed by atoms with Gasteiger partial charge in [0.1, 0.15) is 17.0 Å². The van der Waals surface area contributed by atoms with Crippen LogP contribution in [0.3, 0.4) is 0 Å². The number of aromatic nitrogens is 7. The van der Waals surface area contributed by atoms with E-state index in [0.29, 0.717) is 40.5 Å². The van der Waals surface area contributed by atoms with Gasteiger partial charge in [0.05, 0.1) is 28.6 Å². The third kappa shape index (κ3) is 5.88. The van der Waals surface area contributed by atoms with Gasteiger partial charge < -0.3 is 15.2 Å². The number of hydrogen-bond acceptors (Lipinski definition) is 8. The highest BCUT2D eigenvalue weighted by atomic mass is 19.1. The number of anilines is 1. The Morgan fingerprint density at radius 3 is 2.68 bits per heavy atom. The lowest BCUT2D eigenvalue weighted by molar-refractivity contribution is 0.220. The van der Waals surface area contributed by atoms with E-state index in [1.54, 1.807) is 12.4 Å². The third-order valence-corrected chi connectivity index (χ3v) is 8.08. The van der Waals surface area contributed by atoms with Gasteiger partial charge in [-0.05, 0) is 82.0 Å². The number of likely N-dealkylation sites (tertiary alicyclic amines) is 1. The summed E-state index contributed by atoms with van der Waals surface area (Å²) < 4.78 is 14.7. The molecule has 0 amide bonds. The molecule has 224 valence electrons. The van der Waals surface area contributed by atoms with Gasteiger partial charge in [-0.2, -0.15) is 5.10 Å². The van der Waals surface area contributed by atoms with Crippen LogP contribution in [0.5, 0.6) is 0 Å². The van der Waals surface area contributed by atoms with E-state index >= 15 is 0 Å². The second-order valence-corrected chi connectivity index (χ2v) is 11.7. The van der Waals surface area contributed by atoms with Crippen molar-refractivity contribution in [1.82, 2.24) is 44.9 Å². The highest BCUT2D eigenvalue weighted by molar-refractivity contribution is 5.97. The molecule has 0 saturated carbocycles. The standard InChI is InChI=1S/C33H35FN10/c1-43(2)11-8-36-25-14-22(13-24(34)15-25)30-32-27(6-7-37-30)39-33(40-32)31-26-16-28(38-19-29(26)41-42-31)23-12-21(17-35-18-23)20-44-9-4-3-5-10-44/h6-7,12-19,36H,3-5,8-11,20H2,1-2H3,(H,39,40)(H,41,42). The van der Waals surface area contributed by atoms with Gasteiger partial charge in [-0.25, -0.2) is 9.37 Å². The molecular formula is C33H35FN10. The van der Waals surface area contributed by atoms with Crippen LogP contribution in [-0.4, -0.2) is 85.2 Å². The van der Waals surface area contributed by atoms with E-state index in [-0.39, 0.29) is 5.82 Å². The van der Waals surface area contributed by atoms with Gasteiger partial charge in [-0.15, -0.1) is 0 Å². The van der Waals surface area contributed by atoms with Crippen molar-refractivity contribution in [2.45, 2.75) is 25.8 Å². The number of aromatic amines is 2. The Morgan fingerprint density at radius 1 is 0.932 bits per heavy atom. The summed E-state index contributed by atoms with van der Waals surface area (Å²) in [4.78, 5) is 26.7. The lowest BCUT2D eigenvalue weighted by Gasteiger charge is -2.26. The molecule has 1 saturated heterocycles. The van der Waals surface area contributed by atoms with Crippen LogP contribution in [0.25, 0.3) is 56.0 Å². The number of hydrogen-bond donors (Lipinski definition) is 3. The van der Waals surface area contributed by atoms with Gasteiger partial charge in [0.15, 0.2) is 5.82 Å². The average molecular weight is 591 g/mol. The van der Waals surface area contributed by atoms with E-state index in [4.69, 9.17) is 9.97 Å². The first-order valence-corrected chi connectivity index (χ1v) is 15.1. The second kappa shape index (κ2) is 12.1. The summed E-state index contributed by atoms with van der Waals surface area (Å²) in [5, 5.41) is 11.9. The molecule has 44 heavy (non-hydrogen) atoms. The van der Waals surface area contributed by atoms with Crippen molar-refractivity contribution in [3.8, 4) is 34.0 Å². The number of rotatable bonds is 9. The van der Waals surface area contributed by atoms with Crippen LogP contribution in [0.4, 0.5) is 10.1 Å². The molecule has 1 aliphatic rings. The monoisotopic (exact) mass is 590 g/mol. The van der Waals surface area contributed by atoms with Gasteiger partial charge in [0, 0.05) is 60.4 Å². The largest absolute Gasteiger partial charge is 0.384 e. The Bertz CT molecular complexity index is 1920. The molecule has 10 nitrogen and oxygen atoms in total. The Labute approximate surface area is 254 Å². The molecule has 11 heteroatoms. The normalized spacial score (nSPS) is 14.2. The molecule has 1 fully saturated rings. The minimum Gasteiger partial charge on any atom is -0.384 e. The van der Waals surface area contributed by atoms with Crippen LogP contribution in [0.1, 0.15) is 24.8 Å². The molecule has 1 aliphatic heterocycles. The minimum absolute atomic E-state index is 0.336. The summed E-state index contributed by atoms with van der Waals surface area (Å²) in [6, 6.07) is 11.0. The van der Waals surface area contributed by atoms with Gasteiger partial charge >= 0.3 is 0 Å². The molecule has 3 N–H and O–H groups in total. The van der Waals surface area contributed by atoms with Crippen molar-refractivity contribution < 1.29 is 4.39 Å². The van der Waals surface area contributed by atoms with Crippen molar-refractivity contribution in [2.75, 3.05) is 45.6 Å². The Balaban J connectivity index is 1.21. The fraction of sp³-hybridized carbons (Fsp3) is 0.303. The third-order valence-electron chi connectivity index (χ3n) is 8.08. The van der Waals surface area contributed by atoms with Crippen molar-refractivity contribution >= 4 is 27.6 Å². The van der Waals surface area contributed by atoms with Crippen molar-refractivity contribution in [1.29, 1.82) is 0 Å². The number of nitrogens with zero attached hydrogens (tertiary/aromatic N) is 7. The maximum absolute atomic E-state index is 14.7. The number of pyridine rings is 3. The number of piperidine rings is 1. The zero-order valence-electron chi connectivity index (χ0n) is 24.9. The molecule has 0 unspecified atom stereocenters. The predicted octanol–water partition coefficient (Wildman–Crippen LogP) is 5.72. The zero-order valence-corrected chi connectivity index (χ0v) is 24.9. The number of benzene rings is 1. The Morgan fingerprint density at radius 2 is 1.82 bits per heavy atom. The highest BCUT2D eigenvalue weighted by Crippen LogP contribution is 2.33.